The maximum absolute atomic E-state index is 14.3. The normalized spacial score (nSPS) is 19.4. The average Bonchev–Trinajstić information content (AvgIpc) is 3.01. The van der Waals surface area contributed by atoms with Crippen LogP contribution in [0.2, 0.25) is 0 Å². The number of amides is 1. The van der Waals surface area contributed by atoms with Crippen molar-refractivity contribution in [1.82, 2.24) is 4.90 Å². The highest BCUT2D eigenvalue weighted by molar-refractivity contribution is 9.10. The van der Waals surface area contributed by atoms with Crippen LogP contribution in [0.4, 0.5) is 9.18 Å². The summed E-state index contributed by atoms with van der Waals surface area (Å²) in [6.45, 7) is 7.11. The van der Waals surface area contributed by atoms with Gasteiger partial charge in [0.05, 0.1) is 12.6 Å². The van der Waals surface area contributed by atoms with Crippen molar-refractivity contribution < 1.29 is 28.2 Å². The van der Waals surface area contributed by atoms with Crippen molar-refractivity contribution in [2.24, 2.45) is 0 Å². The van der Waals surface area contributed by atoms with Gasteiger partial charge >= 0.3 is 12.1 Å². The zero-order valence-corrected chi connectivity index (χ0v) is 18.0. The van der Waals surface area contributed by atoms with Crippen molar-refractivity contribution in [3.05, 3.63) is 34.1 Å². The maximum Gasteiger partial charge on any atom is 0.410 e. The molecule has 0 aromatic heterocycles. The average molecular weight is 458 g/mol. The smallest absolute Gasteiger partial charge is 0.410 e. The third-order valence-corrected chi connectivity index (χ3v) is 4.82. The first-order valence-electron chi connectivity index (χ1n) is 9.14. The monoisotopic (exact) mass is 457 g/mol. The molecule has 1 heterocycles. The molecule has 1 aliphatic rings. The van der Waals surface area contributed by atoms with E-state index in [-0.39, 0.29) is 25.5 Å². The molecule has 0 aliphatic carbocycles. The lowest BCUT2D eigenvalue weighted by Gasteiger charge is -2.27. The molecule has 28 heavy (non-hydrogen) atoms. The Kier molecular flexibility index (Phi) is 7.20. The molecule has 6 nitrogen and oxygen atoms in total. The molecule has 0 N–H and O–H groups in total. The van der Waals surface area contributed by atoms with Crippen LogP contribution < -0.4 is 0 Å². The van der Waals surface area contributed by atoms with Gasteiger partial charge in [0.25, 0.3) is 0 Å². The quantitative estimate of drug-likeness (QED) is 0.489. The van der Waals surface area contributed by atoms with Gasteiger partial charge in [-0.3, -0.25) is 14.5 Å². The molecule has 1 aliphatic heterocycles. The molecular weight excluding hydrogens is 433 g/mol. The minimum Gasteiger partial charge on any atom is -0.466 e. The van der Waals surface area contributed by atoms with Crippen LogP contribution in [0.1, 0.15) is 52.0 Å². The summed E-state index contributed by atoms with van der Waals surface area (Å²) >= 11 is 3.32. The van der Waals surface area contributed by atoms with Gasteiger partial charge in [0.15, 0.2) is 5.78 Å². The van der Waals surface area contributed by atoms with Crippen molar-refractivity contribution in [3.8, 4) is 0 Å². The van der Waals surface area contributed by atoms with E-state index in [0.29, 0.717) is 10.0 Å². The predicted octanol–water partition coefficient (Wildman–Crippen LogP) is 4.20. The van der Waals surface area contributed by atoms with Gasteiger partial charge in [-0.1, -0.05) is 15.9 Å². The van der Waals surface area contributed by atoms with Gasteiger partial charge in [-0.25, -0.2) is 9.18 Å². The molecule has 1 amide bonds. The van der Waals surface area contributed by atoms with Crippen LogP contribution in [-0.4, -0.2) is 47.5 Å². The van der Waals surface area contributed by atoms with Crippen molar-refractivity contribution in [2.45, 2.75) is 58.1 Å². The second kappa shape index (κ2) is 9.03. The number of nitrogens with zero attached hydrogens (tertiary/aromatic N) is 1. The molecule has 8 heteroatoms. The number of halogens is 2. The summed E-state index contributed by atoms with van der Waals surface area (Å²) in [5, 5.41) is 0. The van der Waals surface area contributed by atoms with Crippen LogP contribution >= 0.6 is 15.9 Å². The molecule has 0 radical (unpaired) electrons. The number of carbonyl (C=O) groups excluding carboxylic acids is 3. The molecule has 0 saturated carbocycles. The Morgan fingerprint density at radius 2 is 1.96 bits per heavy atom. The van der Waals surface area contributed by atoms with E-state index in [0.717, 1.165) is 0 Å². The number of rotatable bonds is 5. The summed E-state index contributed by atoms with van der Waals surface area (Å²) in [7, 11) is 0. The predicted molar refractivity (Wildman–Crippen MR) is 104 cm³/mol. The second-order valence-corrected chi connectivity index (χ2v) is 8.61. The number of likely N-dealkylation sites (tertiary alicyclic amines) is 1. The number of Topliss-reactive ketones (excluding diaryl/α,β-unsaturated/α-hetero) is 1. The molecule has 1 aromatic carbocycles. The van der Waals surface area contributed by atoms with Crippen molar-refractivity contribution >= 4 is 33.8 Å². The van der Waals surface area contributed by atoms with Gasteiger partial charge in [-0.15, -0.1) is 0 Å². The Hall–Kier alpha value is -1.96. The van der Waals surface area contributed by atoms with Gasteiger partial charge < -0.3 is 9.47 Å². The Morgan fingerprint density at radius 1 is 1.29 bits per heavy atom. The van der Waals surface area contributed by atoms with Crippen LogP contribution in [0.5, 0.6) is 0 Å². The zero-order chi connectivity index (χ0) is 21.1. The van der Waals surface area contributed by atoms with E-state index in [4.69, 9.17) is 9.47 Å². The topological polar surface area (TPSA) is 72.9 Å². The summed E-state index contributed by atoms with van der Waals surface area (Å²) in [4.78, 5) is 38.3. The number of benzene rings is 1. The minimum atomic E-state index is -0.873. The largest absolute Gasteiger partial charge is 0.466 e. The molecule has 1 saturated heterocycles. The van der Waals surface area contributed by atoms with Crippen LogP contribution in [0.3, 0.4) is 0 Å². The fourth-order valence-corrected chi connectivity index (χ4v) is 3.57. The third kappa shape index (κ3) is 5.77. The van der Waals surface area contributed by atoms with Crippen molar-refractivity contribution in [1.29, 1.82) is 0 Å². The summed E-state index contributed by atoms with van der Waals surface area (Å²) in [5.41, 5.74) is -0.334. The van der Waals surface area contributed by atoms with E-state index in [9.17, 15) is 18.8 Å². The van der Waals surface area contributed by atoms with E-state index < -0.39 is 41.7 Å². The number of carbonyl (C=O) groups is 3. The highest BCUT2D eigenvalue weighted by atomic mass is 79.9. The van der Waals surface area contributed by atoms with Crippen molar-refractivity contribution in [2.75, 3.05) is 13.2 Å². The van der Waals surface area contributed by atoms with E-state index in [1.54, 1.807) is 39.8 Å². The summed E-state index contributed by atoms with van der Waals surface area (Å²) in [6, 6.07) is 3.70. The number of hydrogen-bond donors (Lipinski definition) is 0. The molecule has 0 spiro atoms. The van der Waals surface area contributed by atoms with Gasteiger partial charge in [-0.05, 0) is 57.9 Å². The Bertz CT molecular complexity index is 761. The lowest BCUT2D eigenvalue weighted by Crippen LogP contribution is -2.44. The van der Waals surface area contributed by atoms with E-state index in [2.05, 4.69) is 15.9 Å². The van der Waals surface area contributed by atoms with Crippen molar-refractivity contribution in [3.63, 3.8) is 0 Å². The maximum atomic E-state index is 14.3. The van der Waals surface area contributed by atoms with Gasteiger partial charge in [-0.2, -0.15) is 0 Å². The summed E-state index contributed by atoms with van der Waals surface area (Å²) < 4.78 is 25.3. The minimum absolute atomic E-state index is 0.127. The first kappa shape index (κ1) is 22.3. The lowest BCUT2D eigenvalue weighted by molar-refractivity contribution is -0.146. The molecular formula is C20H25BrFNO5. The van der Waals surface area contributed by atoms with Gasteiger partial charge in [0, 0.05) is 16.9 Å². The molecule has 2 rings (SSSR count). The van der Waals surface area contributed by atoms with E-state index in [1.807, 2.05) is 0 Å². The Morgan fingerprint density at radius 3 is 2.57 bits per heavy atom. The lowest BCUT2D eigenvalue weighted by atomic mass is 9.94. The summed E-state index contributed by atoms with van der Waals surface area (Å²) in [5.74, 6) is -1.88. The number of ether oxygens (including phenoxy) is 2. The van der Waals surface area contributed by atoms with Gasteiger partial charge in [0.2, 0.25) is 0 Å². The van der Waals surface area contributed by atoms with Crippen LogP contribution in [0, 0.1) is 5.82 Å². The highest BCUT2D eigenvalue weighted by Crippen LogP contribution is 2.36. The van der Waals surface area contributed by atoms with E-state index >= 15 is 0 Å². The highest BCUT2D eigenvalue weighted by Gasteiger charge is 2.43. The standard InChI is InChI=1S/C20H25BrFNO5/c1-5-27-18(25)10-17(24)16-8-12(14-9-13(21)6-7-15(14)22)11-23(16)19(26)28-20(2,3)4/h6-7,9,12,16H,5,8,10-11H2,1-4H3. The van der Waals surface area contributed by atoms with Crippen LogP contribution in [0.25, 0.3) is 0 Å². The first-order chi connectivity index (χ1) is 13.0. The SMILES string of the molecule is CCOC(=O)CC(=O)C1CC(c2cc(Br)ccc2F)CN1C(=O)OC(C)(C)C. The number of ketones is 1. The Balaban J connectivity index is 2.27. The zero-order valence-electron chi connectivity index (χ0n) is 16.5. The molecule has 154 valence electrons. The third-order valence-electron chi connectivity index (χ3n) is 4.32. The first-order valence-corrected chi connectivity index (χ1v) is 9.94. The number of hydrogen-bond acceptors (Lipinski definition) is 5. The molecule has 0 bridgehead atoms. The summed E-state index contributed by atoms with van der Waals surface area (Å²) in [6.07, 6.45) is -0.885. The van der Waals surface area contributed by atoms with Gasteiger partial charge in [0.1, 0.15) is 17.8 Å². The fraction of sp³-hybridized carbons (Fsp3) is 0.550. The van der Waals surface area contributed by atoms with Crippen LogP contribution in [-0.2, 0) is 19.1 Å². The fourth-order valence-electron chi connectivity index (χ4n) is 3.19. The Labute approximate surface area is 172 Å². The van der Waals surface area contributed by atoms with E-state index in [1.165, 1.54) is 11.0 Å². The molecule has 1 aromatic rings. The number of esters is 1. The van der Waals surface area contributed by atoms with Crippen LogP contribution in [0.15, 0.2) is 22.7 Å². The second-order valence-electron chi connectivity index (χ2n) is 7.70. The molecule has 2 atom stereocenters. The molecule has 2 unspecified atom stereocenters. The molecule has 1 fully saturated rings.